The molecule has 3 aliphatic heterocycles. The summed E-state index contributed by atoms with van der Waals surface area (Å²) in [6, 6.07) is 4.82. The van der Waals surface area contributed by atoms with Crippen LogP contribution in [0.25, 0.3) is 0 Å². The standard InChI is InChI=1S/C28H39N3O4/c1-18(2)34-24-13-23(20-6-7-20)22(19-4-5-19)12-21(24)15-30-16-28(17-30)14-25(29-35-28)31-10-8-27(3,9-11-31)26(32)33/h12-13,18-20H,4-11,14-17H2,1-3H3,(H,32,33). The fourth-order valence-corrected chi connectivity index (χ4v) is 6.08. The van der Waals surface area contributed by atoms with Gasteiger partial charge in [0.2, 0.25) is 0 Å². The van der Waals surface area contributed by atoms with Crippen LogP contribution in [0.3, 0.4) is 0 Å². The number of hydrogen-bond donors (Lipinski definition) is 1. The van der Waals surface area contributed by atoms with Crippen LogP contribution in [0.1, 0.15) is 94.2 Å². The molecular formula is C28H39N3O4. The first-order valence-corrected chi connectivity index (χ1v) is 13.5. The van der Waals surface area contributed by atoms with Crippen molar-refractivity contribution in [2.75, 3.05) is 26.2 Å². The molecule has 0 unspecified atom stereocenters. The Morgan fingerprint density at radius 1 is 1.14 bits per heavy atom. The number of carboxylic acid groups (broad SMARTS) is 1. The van der Waals surface area contributed by atoms with Gasteiger partial charge in [-0.05, 0) is 88.3 Å². The molecule has 3 heterocycles. The van der Waals surface area contributed by atoms with Crippen LogP contribution < -0.4 is 4.74 Å². The van der Waals surface area contributed by atoms with Crippen LogP contribution in [-0.2, 0) is 16.2 Å². The maximum absolute atomic E-state index is 11.6. The van der Waals surface area contributed by atoms with Crippen molar-refractivity contribution in [3.8, 4) is 5.75 Å². The molecule has 7 heteroatoms. The topological polar surface area (TPSA) is 74.6 Å². The van der Waals surface area contributed by atoms with Crippen molar-refractivity contribution < 1.29 is 19.5 Å². The van der Waals surface area contributed by atoms with Crippen LogP contribution in [-0.4, -0.2) is 64.6 Å². The summed E-state index contributed by atoms with van der Waals surface area (Å²) in [5, 5.41) is 14.0. The normalized spacial score (nSPS) is 25.4. The molecule has 0 aromatic heterocycles. The van der Waals surface area contributed by atoms with E-state index in [0.29, 0.717) is 12.8 Å². The lowest BCUT2D eigenvalue weighted by molar-refractivity contribution is -0.150. The molecule has 190 valence electrons. The second kappa shape index (κ2) is 8.39. The number of carboxylic acids is 1. The highest BCUT2D eigenvalue weighted by Gasteiger charge is 2.51. The molecule has 0 atom stereocenters. The smallest absolute Gasteiger partial charge is 0.309 e. The highest BCUT2D eigenvalue weighted by Crippen LogP contribution is 2.51. The second-order valence-electron chi connectivity index (χ2n) is 12.3. The number of likely N-dealkylation sites (tertiary alicyclic amines) is 2. The summed E-state index contributed by atoms with van der Waals surface area (Å²) in [6.07, 6.45) is 7.58. The molecule has 35 heavy (non-hydrogen) atoms. The molecular weight excluding hydrogens is 442 g/mol. The van der Waals surface area contributed by atoms with Crippen molar-refractivity contribution in [2.45, 2.75) is 95.8 Å². The maximum Gasteiger partial charge on any atom is 0.309 e. The summed E-state index contributed by atoms with van der Waals surface area (Å²) in [7, 11) is 0. The summed E-state index contributed by atoms with van der Waals surface area (Å²) < 4.78 is 6.31. The number of amidine groups is 1. The summed E-state index contributed by atoms with van der Waals surface area (Å²) in [5.74, 6) is 2.86. The van der Waals surface area contributed by atoms with Gasteiger partial charge in [-0.15, -0.1) is 0 Å². The molecule has 0 radical (unpaired) electrons. The molecule has 2 saturated heterocycles. The molecule has 0 amide bonds. The fraction of sp³-hybridized carbons (Fsp3) is 0.714. The van der Waals surface area contributed by atoms with E-state index >= 15 is 0 Å². The van der Waals surface area contributed by atoms with Gasteiger partial charge in [-0.3, -0.25) is 9.69 Å². The van der Waals surface area contributed by atoms with Gasteiger partial charge in [-0.2, -0.15) is 0 Å². The third-order valence-electron chi connectivity index (χ3n) is 8.65. The van der Waals surface area contributed by atoms with Crippen LogP contribution >= 0.6 is 0 Å². The summed E-state index contributed by atoms with van der Waals surface area (Å²) in [4.78, 5) is 22.2. The number of benzene rings is 1. The van der Waals surface area contributed by atoms with Gasteiger partial charge >= 0.3 is 5.97 Å². The average molecular weight is 482 g/mol. The number of rotatable bonds is 7. The SMILES string of the molecule is CC(C)Oc1cc(C2CC2)c(C2CC2)cc1CN1CC2(CC(N3CCC(C)(C(=O)O)CC3)=NO2)C1. The van der Waals surface area contributed by atoms with E-state index in [1.807, 2.05) is 6.92 Å². The number of nitrogens with zero attached hydrogens (tertiary/aromatic N) is 3. The largest absolute Gasteiger partial charge is 0.491 e. The van der Waals surface area contributed by atoms with E-state index in [-0.39, 0.29) is 11.7 Å². The summed E-state index contributed by atoms with van der Waals surface area (Å²) >= 11 is 0. The predicted octanol–water partition coefficient (Wildman–Crippen LogP) is 4.70. The Balaban J connectivity index is 1.09. The molecule has 2 saturated carbocycles. The average Bonchev–Trinajstić information content (AvgIpc) is 3.71. The van der Waals surface area contributed by atoms with E-state index in [0.717, 1.165) is 62.6 Å². The van der Waals surface area contributed by atoms with Crippen molar-refractivity contribution in [3.05, 3.63) is 28.8 Å². The third-order valence-corrected chi connectivity index (χ3v) is 8.65. The Morgan fingerprint density at radius 3 is 2.34 bits per heavy atom. The third kappa shape index (κ3) is 4.52. The van der Waals surface area contributed by atoms with Crippen LogP contribution in [0.15, 0.2) is 17.3 Å². The van der Waals surface area contributed by atoms with Crippen LogP contribution in [0, 0.1) is 5.41 Å². The van der Waals surface area contributed by atoms with E-state index in [4.69, 9.17) is 9.57 Å². The molecule has 4 fully saturated rings. The first kappa shape index (κ1) is 23.1. The minimum Gasteiger partial charge on any atom is -0.491 e. The zero-order valence-electron chi connectivity index (χ0n) is 21.4. The Labute approximate surface area is 208 Å². The number of oxime groups is 1. The van der Waals surface area contributed by atoms with Crippen LogP contribution in [0.5, 0.6) is 5.75 Å². The quantitative estimate of drug-likeness (QED) is 0.608. The lowest BCUT2D eigenvalue weighted by atomic mass is 9.80. The summed E-state index contributed by atoms with van der Waals surface area (Å²) in [6.45, 7) is 10.2. The lowest BCUT2D eigenvalue weighted by Crippen LogP contribution is -2.61. The molecule has 1 spiro atoms. The molecule has 5 aliphatic rings. The Morgan fingerprint density at radius 2 is 1.77 bits per heavy atom. The van der Waals surface area contributed by atoms with Gasteiger partial charge in [-0.25, -0.2) is 0 Å². The zero-order chi connectivity index (χ0) is 24.4. The van der Waals surface area contributed by atoms with Gasteiger partial charge in [0.25, 0.3) is 0 Å². The minimum atomic E-state index is -0.691. The van der Waals surface area contributed by atoms with Gasteiger partial charge in [0.05, 0.1) is 17.9 Å². The molecule has 7 nitrogen and oxygen atoms in total. The lowest BCUT2D eigenvalue weighted by Gasteiger charge is -2.46. The van der Waals surface area contributed by atoms with Crippen molar-refractivity contribution in [1.29, 1.82) is 0 Å². The van der Waals surface area contributed by atoms with E-state index in [2.05, 4.69) is 40.9 Å². The number of ether oxygens (including phenoxy) is 1. The number of aliphatic carboxylic acids is 1. The van der Waals surface area contributed by atoms with Crippen molar-refractivity contribution >= 4 is 11.8 Å². The van der Waals surface area contributed by atoms with E-state index in [9.17, 15) is 9.90 Å². The molecule has 1 aromatic carbocycles. The van der Waals surface area contributed by atoms with Gasteiger partial charge in [0.15, 0.2) is 5.60 Å². The Bertz CT molecular complexity index is 1030. The number of carbonyl (C=O) groups is 1. The van der Waals surface area contributed by atoms with Crippen molar-refractivity contribution in [3.63, 3.8) is 0 Å². The second-order valence-corrected chi connectivity index (χ2v) is 12.3. The van der Waals surface area contributed by atoms with Gasteiger partial charge in [-0.1, -0.05) is 11.2 Å². The Kier molecular flexibility index (Phi) is 5.55. The molecule has 1 aromatic rings. The molecule has 0 bridgehead atoms. The number of piperidine rings is 1. The molecule has 6 rings (SSSR count). The number of hydrogen-bond acceptors (Lipinski definition) is 6. The maximum atomic E-state index is 11.6. The highest BCUT2D eigenvalue weighted by molar-refractivity contribution is 5.85. The summed E-state index contributed by atoms with van der Waals surface area (Å²) in [5.41, 5.74) is 3.59. The van der Waals surface area contributed by atoms with Crippen LogP contribution in [0.2, 0.25) is 0 Å². The fourth-order valence-electron chi connectivity index (χ4n) is 6.08. The Hall–Kier alpha value is -2.28. The predicted molar refractivity (Wildman–Crippen MR) is 134 cm³/mol. The minimum absolute atomic E-state index is 0.164. The van der Waals surface area contributed by atoms with Gasteiger partial charge in [0, 0.05) is 38.3 Å². The van der Waals surface area contributed by atoms with E-state index < -0.39 is 11.4 Å². The van der Waals surface area contributed by atoms with Crippen LogP contribution in [0.4, 0.5) is 0 Å². The van der Waals surface area contributed by atoms with Gasteiger partial charge in [0.1, 0.15) is 11.6 Å². The van der Waals surface area contributed by atoms with Gasteiger partial charge < -0.3 is 19.6 Å². The molecule has 2 aliphatic carbocycles. The van der Waals surface area contributed by atoms with E-state index in [1.165, 1.54) is 31.2 Å². The van der Waals surface area contributed by atoms with Crippen molar-refractivity contribution in [2.24, 2.45) is 10.6 Å². The first-order chi connectivity index (χ1) is 16.7. The monoisotopic (exact) mass is 481 g/mol. The highest BCUT2D eigenvalue weighted by atomic mass is 16.7. The van der Waals surface area contributed by atoms with E-state index in [1.54, 1.807) is 11.1 Å². The molecule has 1 N–H and O–H groups in total. The first-order valence-electron chi connectivity index (χ1n) is 13.5. The van der Waals surface area contributed by atoms with Crippen molar-refractivity contribution in [1.82, 2.24) is 9.80 Å². The zero-order valence-corrected chi connectivity index (χ0v) is 21.4.